The van der Waals surface area contributed by atoms with E-state index in [0.29, 0.717) is 18.7 Å². The van der Waals surface area contributed by atoms with Crippen LogP contribution in [-0.2, 0) is 32.6 Å². The molecule has 0 saturated heterocycles. The van der Waals surface area contributed by atoms with Gasteiger partial charge in [-0.1, -0.05) is 24.3 Å². The molecular formula is C24H33N3O6S. The third kappa shape index (κ3) is 8.03. The number of methoxy groups -OCH3 is 2. The van der Waals surface area contributed by atoms with Crippen LogP contribution >= 0.6 is 0 Å². The molecule has 0 saturated carbocycles. The SMILES string of the molecule is COc1ccc(CCNC(=O)C(C)N(Cc2ccc(OC)cc2)C(=O)CN(C)S(C)(=O)=O)cc1. The van der Waals surface area contributed by atoms with Crippen molar-refractivity contribution < 1.29 is 27.5 Å². The molecule has 2 aromatic carbocycles. The summed E-state index contributed by atoms with van der Waals surface area (Å²) in [5.41, 5.74) is 1.82. The number of amides is 2. The molecule has 0 aliphatic heterocycles. The van der Waals surface area contributed by atoms with Crippen LogP contribution in [0.15, 0.2) is 48.5 Å². The van der Waals surface area contributed by atoms with Crippen molar-refractivity contribution in [1.82, 2.24) is 14.5 Å². The molecule has 2 aromatic rings. The molecule has 0 bridgehead atoms. The predicted molar refractivity (Wildman–Crippen MR) is 130 cm³/mol. The lowest BCUT2D eigenvalue weighted by molar-refractivity contribution is -0.140. The van der Waals surface area contributed by atoms with Gasteiger partial charge in [-0.3, -0.25) is 9.59 Å². The van der Waals surface area contributed by atoms with Gasteiger partial charge in [-0.15, -0.1) is 0 Å². The molecule has 1 N–H and O–H groups in total. The van der Waals surface area contributed by atoms with Gasteiger partial charge in [0.2, 0.25) is 21.8 Å². The van der Waals surface area contributed by atoms with E-state index in [1.807, 2.05) is 24.3 Å². The Morgan fingerprint density at radius 2 is 1.44 bits per heavy atom. The highest BCUT2D eigenvalue weighted by Crippen LogP contribution is 2.16. The highest BCUT2D eigenvalue weighted by molar-refractivity contribution is 7.88. The van der Waals surface area contributed by atoms with Crippen LogP contribution in [0.4, 0.5) is 0 Å². The second-order valence-electron chi connectivity index (χ2n) is 7.95. The van der Waals surface area contributed by atoms with Gasteiger partial charge in [0.1, 0.15) is 17.5 Å². The van der Waals surface area contributed by atoms with E-state index in [9.17, 15) is 18.0 Å². The van der Waals surface area contributed by atoms with E-state index in [4.69, 9.17) is 9.47 Å². The average Bonchev–Trinajstić information content (AvgIpc) is 2.82. The van der Waals surface area contributed by atoms with Crippen LogP contribution in [0.1, 0.15) is 18.1 Å². The second kappa shape index (κ2) is 12.4. The Hall–Kier alpha value is -3.11. The number of ether oxygens (including phenoxy) is 2. The lowest BCUT2D eigenvalue weighted by Crippen LogP contribution is -2.50. The third-order valence-electron chi connectivity index (χ3n) is 5.48. The molecule has 0 aliphatic carbocycles. The highest BCUT2D eigenvalue weighted by Gasteiger charge is 2.28. The summed E-state index contributed by atoms with van der Waals surface area (Å²) in [6.45, 7) is 1.81. The molecular weight excluding hydrogens is 458 g/mol. The van der Waals surface area contributed by atoms with Crippen LogP contribution in [0.25, 0.3) is 0 Å². The van der Waals surface area contributed by atoms with E-state index in [0.717, 1.165) is 27.4 Å². The Labute approximate surface area is 201 Å². The zero-order valence-electron chi connectivity index (χ0n) is 20.3. The minimum Gasteiger partial charge on any atom is -0.497 e. The maximum atomic E-state index is 13.0. The largest absolute Gasteiger partial charge is 0.497 e. The first kappa shape index (κ1) is 27.1. The average molecular weight is 492 g/mol. The molecule has 10 heteroatoms. The Kier molecular flexibility index (Phi) is 9.88. The maximum Gasteiger partial charge on any atom is 0.242 e. The molecule has 9 nitrogen and oxygen atoms in total. The molecule has 0 aliphatic rings. The molecule has 2 amide bonds. The van der Waals surface area contributed by atoms with E-state index < -0.39 is 22.0 Å². The van der Waals surface area contributed by atoms with Crippen molar-refractivity contribution in [1.29, 1.82) is 0 Å². The van der Waals surface area contributed by atoms with Crippen LogP contribution in [0, 0.1) is 0 Å². The van der Waals surface area contributed by atoms with Crippen molar-refractivity contribution in [3.05, 3.63) is 59.7 Å². The smallest absolute Gasteiger partial charge is 0.242 e. The van der Waals surface area contributed by atoms with E-state index >= 15 is 0 Å². The van der Waals surface area contributed by atoms with E-state index in [2.05, 4.69) is 5.32 Å². The summed E-state index contributed by atoms with van der Waals surface area (Å²) in [5, 5.41) is 2.87. The molecule has 0 spiro atoms. The molecule has 1 unspecified atom stereocenters. The molecule has 2 rings (SSSR count). The number of nitrogens with zero attached hydrogens (tertiary/aromatic N) is 2. The van der Waals surface area contributed by atoms with Crippen LogP contribution in [-0.4, -0.2) is 76.1 Å². The topological polar surface area (TPSA) is 105 Å². The van der Waals surface area contributed by atoms with Gasteiger partial charge in [0.05, 0.1) is 27.0 Å². The van der Waals surface area contributed by atoms with Crippen molar-refractivity contribution >= 4 is 21.8 Å². The van der Waals surface area contributed by atoms with Gasteiger partial charge in [0, 0.05) is 20.1 Å². The normalized spacial score (nSPS) is 12.2. The number of hydrogen-bond acceptors (Lipinski definition) is 6. The van der Waals surface area contributed by atoms with Crippen molar-refractivity contribution in [3.8, 4) is 11.5 Å². The number of rotatable bonds is 12. The van der Waals surface area contributed by atoms with Gasteiger partial charge in [-0.2, -0.15) is 4.31 Å². The minimum absolute atomic E-state index is 0.146. The van der Waals surface area contributed by atoms with Crippen molar-refractivity contribution in [2.45, 2.75) is 25.9 Å². The first-order chi connectivity index (χ1) is 16.0. The van der Waals surface area contributed by atoms with E-state index in [1.54, 1.807) is 45.4 Å². The third-order valence-corrected chi connectivity index (χ3v) is 6.74. The van der Waals surface area contributed by atoms with Crippen molar-refractivity contribution in [2.75, 3.05) is 40.6 Å². The molecule has 1 atom stereocenters. The number of carbonyl (C=O) groups is 2. The number of likely N-dealkylation sites (N-methyl/N-ethyl adjacent to an activating group) is 1. The first-order valence-corrected chi connectivity index (χ1v) is 12.6. The molecule has 0 aromatic heterocycles. The maximum absolute atomic E-state index is 13.0. The number of hydrogen-bond donors (Lipinski definition) is 1. The van der Waals surface area contributed by atoms with E-state index in [-0.39, 0.29) is 19.0 Å². The van der Waals surface area contributed by atoms with Gasteiger partial charge < -0.3 is 19.7 Å². The zero-order chi connectivity index (χ0) is 25.3. The molecule has 0 radical (unpaired) electrons. The predicted octanol–water partition coefficient (Wildman–Crippen LogP) is 1.67. The lowest BCUT2D eigenvalue weighted by Gasteiger charge is -2.30. The second-order valence-corrected chi connectivity index (χ2v) is 10.0. The Bertz CT molecular complexity index is 1060. The molecule has 34 heavy (non-hydrogen) atoms. The Morgan fingerprint density at radius 1 is 0.941 bits per heavy atom. The number of benzene rings is 2. The first-order valence-electron chi connectivity index (χ1n) is 10.8. The number of sulfonamides is 1. The van der Waals surface area contributed by atoms with Crippen LogP contribution in [0.3, 0.4) is 0 Å². The molecule has 186 valence electrons. The van der Waals surface area contributed by atoms with Crippen LogP contribution in [0.2, 0.25) is 0 Å². The van der Waals surface area contributed by atoms with Crippen LogP contribution in [0.5, 0.6) is 11.5 Å². The summed E-state index contributed by atoms with van der Waals surface area (Å²) in [6, 6.07) is 13.9. The molecule has 0 fully saturated rings. The highest BCUT2D eigenvalue weighted by atomic mass is 32.2. The summed E-state index contributed by atoms with van der Waals surface area (Å²) in [4.78, 5) is 27.3. The summed E-state index contributed by atoms with van der Waals surface area (Å²) < 4.78 is 34.9. The summed E-state index contributed by atoms with van der Waals surface area (Å²) in [6.07, 6.45) is 1.65. The van der Waals surface area contributed by atoms with Gasteiger partial charge in [-0.25, -0.2) is 8.42 Å². The zero-order valence-corrected chi connectivity index (χ0v) is 21.1. The summed E-state index contributed by atoms with van der Waals surface area (Å²) >= 11 is 0. The molecule has 0 heterocycles. The van der Waals surface area contributed by atoms with Gasteiger partial charge in [0.15, 0.2) is 0 Å². The van der Waals surface area contributed by atoms with Gasteiger partial charge in [-0.05, 0) is 48.7 Å². The van der Waals surface area contributed by atoms with Crippen molar-refractivity contribution in [2.24, 2.45) is 0 Å². The minimum atomic E-state index is -3.55. The standard InChI is InChI=1S/C24H33N3O6S/c1-18(24(29)25-15-14-19-6-10-21(32-3)11-7-19)27(23(28)17-26(2)34(5,30)31)16-20-8-12-22(33-4)13-9-20/h6-13,18H,14-17H2,1-5H3,(H,25,29). The summed E-state index contributed by atoms with van der Waals surface area (Å²) in [5.74, 6) is 0.634. The number of carbonyl (C=O) groups excluding carboxylic acids is 2. The fourth-order valence-corrected chi connectivity index (χ4v) is 3.52. The van der Waals surface area contributed by atoms with Crippen LogP contribution < -0.4 is 14.8 Å². The quantitative estimate of drug-likeness (QED) is 0.484. The number of nitrogens with one attached hydrogen (secondary N) is 1. The monoisotopic (exact) mass is 491 g/mol. The fourth-order valence-electron chi connectivity index (χ4n) is 3.18. The van der Waals surface area contributed by atoms with E-state index in [1.165, 1.54) is 11.9 Å². The Morgan fingerprint density at radius 3 is 1.91 bits per heavy atom. The Balaban J connectivity index is 2.09. The lowest BCUT2D eigenvalue weighted by atomic mass is 10.1. The summed E-state index contributed by atoms with van der Waals surface area (Å²) in [7, 11) is 0.943. The fraction of sp³-hybridized carbons (Fsp3) is 0.417. The van der Waals surface area contributed by atoms with Crippen molar-refractivity contribution in [3.63, 3.8) is 0 Å². The van der Waals surface area contributed by atoms with Gasteiger partial charge in [0.25, 0.3) is 0 Å². The van der Waals surface area contributed by atoms with Gasteiger partial charge >= 0.3 is 0 Å².